The smallest absolute Gasteiger partial charge is 0.419 e. The van der Waals surface area contributed by atoms with E-state index in [9.17, 15) is 26.0 Å². The lowest BCUT2D eigenvalue weighted by atomic mass is 10.0. The van der Waals surface area contributed by atoms with E-state index < -0.39 is 54.8 Å². The third kappa shape index (κ3) is 6.66. The number of ether oxygens (including phenoxy) is 3. The summed E-state index contributed by atoms with van der Waals surface area (Å²) in [6.45, 7) is -0.367. The van der Waals surface area contributed by atoms with Crippen LogP contribution >= 0.6 is 22.9 Å². The van der Waals surface area contributed by atoms with Gasteiger partial charge in [0.2, 0.25) is 5.13 Å². The zero-order valence-electron chi connectivity index (χ0n) is 23.4. The van der Waals surface area contributed by atoms with Gasteiger partial charge in [0, 0.05) is 34.9 Å². The van der Waals surface area contributed by atoms with Crippen molar-refractivity contribution in [3.63, 3.8) is 0 Å². The van der Waals surface area contributed by atoms with Crippen LogP contribution < -0.4 is 18.5 Å². The predicted octanol–water partition coefficient (Wildman–Crippen LogP) is 7.15. The van der Waals surface area contributed by atoms with Crippen molar-refractivity contribution >= 4 is 38.1 Å². The quantitative estimate of drug-likeness (QED) is 0.140. The first-order valence-corrected chi connectivity index (χ1v) is 15.4. The lowest BCUT2D eigenvalue weighted by Gasteiger charge is -2.23. The molecule has 0 unspecified atom stereocenters. The summed E-state index contributed by atoms with van der Waals surface area (Å²) < 4.78 is 116. The van der Waals surface area contributed by atoms with Gasteiger partial charge in [-0.1, -0.05) is 22.9 Å². The largest absolute Gasteiger partial charge is 0.497 e. The first-order chi connectivity index (χ1) is 21.8. The van der Waals surface area contributed by atoms with Crippen molar-refractivity contribution in [1.29, 1.82) is 0 Å². The summed E-state index contributed by atoms with van der Waals surface area (Å²) in [6, 6.07) is 8.29. The Bertz CT molecular complexity index is 1990. The highest BCUT2D eigenvalue weighted by Crippen LogP contribution is 2.43. The van der Waals surface area contributed by atoms with Crippen LogP contribution in [0.25, 0.3) is 11.1 Å². The van der Waals surface area contributed by atoms with Crippen LogP contribution in [0.2, 0.25) is 5.02 Å². The van der Waals surface area contributed by atoms with Gasteiger partial charge in [-0.05, 0) is 30.3 Å². The number of hydrogen-bond acceptors (Lipinski definition) is 10. The molecule has 0 aliphatic carbocycles. The normalized spacial score (nSPS) is 11.7. The minimum Gasteiger partial charge on any atom is -0.497 e. The Morgan fingerprint density at radius 1 is 0.913 bits per heavy atom. The van der Waals surface area contributed by atoms with Gasteiger partial charge in [-0.2, -0.15) is 23.4 Å². The molecule has 3 aromatic carbocycles. The third-order valence-electron chi connectivity index (χ3n) is 6.41. The van der Waals surface area contributed by atoms with E-state index in [1.165, 1.54) is 38.1 Å². The van der Waals surface area contributed by atoms with Gasteiger partial charge < -0.3 is 14.2 Å². The van der Waals surface area contributed by atoms with Crippen LogP contribution in [0, 0.1) is 11.6 Å². The monoisotopic (exact) mass is 699 g/mol. The maximum atomic E-state index is 15.7. The van der Waals surface area contributed by atoms with Gasteiger partial charge in [-0.3, -0.25) is 0 Å². The molecule has 0 radical (unpaired) electrons. The molecule has 46 heavy (non-hydrogen) atoms. The first kappa shape index (κ1) is 32.8. The fourth-order valence-electron chi connectivity index (χ4n) is 4.22. The highest BCUT2D eigenvalue weighted by Gasteiger charge is 2.36. The fourth-order valence-corrected chi connectivity index (χ4v) is 6.74. The Morgan fingerprint density at radius 2 is 1.67 bits per heavy atom. The second-order valence-electron chi connectivity index (χ2n) is 9.18. The van der Waals surface area contributed by atoms with Crippen molar-refractivity contribution in [1.82, 2.24) is 20.4 Å². The molecule has 0 atom stereocenters. The predicted molar refractivity (Wildman–Crippen MR) is 157 cm³/mol. The van der Waals surface area contributed by atoms with Crippen molar-refractivity contribution in [3.05, 3.63) is 94.2 Å². The van der Waals surface area contributed by atoms with Gasteiger partial charge in [-0.25, -0.2) is 21.5 Å². The Morgan fingerprint density at radius 3 is 2.30 bits per heavy atom. The topological polar surface area (TPSA) is 117 Å². The summed E-state index contributed by atoms with van der Waals surface area (Å²) in [5.74, 6) is -3.30. The molecular formula is C28H19ClF5N5O5S2. The van der Waals surface area contributed by atoms with E-state index in [1.54, 1.807) is 12.1 Å². The summed E-state index contributed by atoms with van der Waals surface area (Å²) >= 11 is 7.21. The molecule has 0 spiro atoms. The fraction of sp³-hybridized carbons (Fsp3) is 0.143. The van der Waals surface area contributed by atoms with Crippen molar-refractivity contribution in [2.45, 2.75) is 17.6 Å². The number of sulfonamides is 1. The number of rotatable bonds is 10. The first-order valence-electron chi connectivity index (χ1n) is 12.7. The number of anilines is 1. The highest BCUT2D eigenvalue weighted by molar-refractivity contribution is 7.93. The lowest BCUT2D eigenvalue weighted by molar-refractivity contribution is -0.139. The van der Waals surface area contributed by atoms with E-state index in [-0.39, 0.29) is 28.6 Å². The van der Waals surface area contributed by atoms with Crippen LogP contribution in [0.4, 0.5) is 27.1 Å². The van der Waals surface area contributed by atoms with E-state index >= 15 is 4.39 Å². The number of halogens is 6. The van der Waals surface area contributed by atoms with Crippen LogP contribution in [0.1, 0.15) is 11.1 Å². The average Bonchev–Trinajstić information content (AvgIpc) is 3.55. The maximum absolute atomic E-state index is 15.7. The van der Waals surface area contributed by atoms with Crippen LogP contribution in [0.5, 0.6) is 23.0 Å². The zero-order chi connectivity index (χ0) is 33.2. The molecule has 240 valence electrons. The third-order valence-corrected chi connectivity index (χ3v) is 9.29. The van der Waals surface area contributed by atoms with Gasteiger partial charge in [0.05, 0.1) is 43.7 Å². The number of benzene rings is 3. The standard InChI is InChI=1S/C28H19ClF5N5O5S2/c1-42-17-4-3-16(23(7-17)43-2)13-39(27-38-37-14-45-27)46(40,41)26-9-20(29)25(11-22(26)31)44-24-10-21(30)19(28(32,33)34)8-18(24)15-5-6-35-36-12-15/h3-12,14H,13H2,1-2H3. The van der Waals surface area contributed by atoms with Crippen LogP contribution in [0.15, 0.2) is 71.3 Å². The minimum atomic E-state index is -5.05. The molecule has 0 fully saturated rings. The van der Waals surface area contributed by atoms with Gasteiger partial charge >= 0.3 is 6.18 Å². The van der Waals surface area contributed by atoms with E-state index in [2.05, 4.69) is 20.4 Å². The van der Waals surface area contributed by atoms with E-state index in [0.29, 0.717) is 29.5 Å². The van der Waals surface area contributed by atoms with Crippen molar-refractivity contribution in [2.24, 2.45) is 0 Å². The lowest BCUT2D eigenvalue weighted by Crippen LogP contribution is -2.31. The molecule has 0 saturated carbocycles. The molecule has 0 saturated heterocycles. The number of methoxy groups -OCH3 is 2. The number of aromatic nitrogens is 4. The second kappa shape index (κ2) is 13.0. The molecular weight excluding hydrogens is 681 g/mol. The zero-order valence-corrected chi connectivity index (χ0v) is 25.8. The van der Waals surface area contributed by atoms with E-state index in [4.69, 9.17) is 25.8 Å². The summed E-state index contributed by atoms with van der Waals surface area (Å²) in [5, 5.41) is 14.1. The van der Waals surface area contributed by atoms with Gasteiger partial charge in [0.15, 0.2) is 0 Å². The molecule has 5 rings (SSSR count). The summed E-state index contributed by atoms with van der Waals surface area (Å²) in [7, 11) is -1.93. The van der Waals surface area contributed by atoms with Crippen LogP contribution in [-0.4, -0.2) is 43.0 Å². The van der Waals surface area contributed by atoms with Gasteiger partial charge in [0.25, 0.3) is 10.0 Å². The Labute approximate surface area is 267 Å². The molecule has 10 nitrogen and oxygen atoms in total. The highest BCUT2D eigenvalue weighted by atomic mass is 35.5. The average molecular weight is 700 g/mol. The van der Waals surface area contributed by atoms with Crippen molar-refractivity contribution in [2.75, 3.05) is 18.5 Å². The molecule has 0 aliphatic heterocycles. The summed E-state index contributed by atoms with van der Waals surface area (Å²) in [4.78, 5) is -0.885. The molecule has 18 heteroatoms. The minimum absolute atomic E-state index is 0.0629. The van der Waals surface area contributed by atoms with Gasteiger partial charge in [-0.15, -0.1) is 10.2 Å². The van der Waals surface area contributed by atoms with E-state index in [0.717, 1.165) is 27.9 Å². The number of nitrogens with zero attached hydrogens (tertiary/aromatic N) is 5. The van der Waals surface area contributed by atoms with Crippen LogP contribution in [0.3, 0.4) is 0 Å². The molecule has 0 bridgehead atoms. The molecule has 0 aliphatic rings. The Kier molecular flexibility index (Phi) is 9.27. The SMILES string of the molecule is COc1ccc(CN(c2nncs2)S(=O)(=O)c2cc(Cl)c(Oc3cc(F)c(C(F)(F)F)cc3-c3ccnnc3)cc2F)c(OC)c1. The number of hydrogen-bond donors (Lipinski definition) is 0. The van der Waals surface area contributed by atoms with Crippen LogP contribution in [-0.2, 0) is 22.7 Å². The second-order valence-corrected chi connectivity index (χ2v) is 12.2. The maximum Gasteiger partial charge on any atom is 0.419 e. The Balaban J connectivity index is 1.56. The molecule has 2 aromatic heterocycles. The molecule has 2 heterocycles. The van der Waals surface area contributed by atoms with Gasteiger partial charge in [0.1, 0.15) is 45.0 Å². The number of alkyl halides is 3. The molecule has 0 N–H and O–H groups in total. The van der Waals surface area contributed by atoms with Crippen molar-refractivity contribution in [3.8, 4) is 34.1 Å². The van der Waals surface area contributed by atoms with E-state index in [1.807, 2.05) is 0 Å². The molecule has 0 amide bonds. The van der Waals surface area contributed by atoms with Crippen molar-refractivity contribution < 1.29 is 44.6 Å². The Hall–Kier alpha value is -4.61. The molecule has 5 aromatic rings. The summed E-state index contributed by atoms with van der Waals surface area (Å²) in [6.07, 6.45) is -2.75. The summed E-state index contributed by atoms with van der Waals surface area (Å²) in [5.41, 5.74) is -0.144.